The number of rotatable bonds is 8. The van der Waals surface area contributed by atoms with Crippen molar-refractivity contribution >= 4 is 28.9 Å². The third-order valence-electron chi connectivity index (χ3n) is 11.7. The zero-order chi connectivity index (χ0) is 36.3. The maximum atomic E-state index is 15.7. The topological polar surface area (TPSA) is 126 Å². The normalized spacial score (nSPS) is 21.2. The number of amides is 2. The highest BCUT2D eigenvalue weighted by Crippen LogP contribution is 2.48. The summed E-state index contributed by atoms with van der Waals surface area (Å²) < 4.78 is 21.2. The highest BCUT2D eigenvalue weighted by Gasteiger charge is 2.45. The van der Waals surface area contributed by atoms with Crippen LogP contribution in [0, 0.1) is 43.8 Å². The van der Waals surface area contributed by atoms with Crippen molar-refractivity contribution in [1.29, 1.82) is 5.26 Å². The molecule has 268 valence electrons. The van der Waals surface area contributed by atoms with Gasteiger partial charge in [0.2, 0.25) is 5.91 Å². The number of fused-ring (bicyclic) bond motifs is 1. The first kappa shape index (κ1) is 33.9. The molecule has 2 unspecified atom stereocenters. The maximum absolute atomic E-state index is 15.7. The quantitative estimate of drug-likeness (QED) is 0.211. The summed E-state index contributed by atoms with van der Waals surface area (Å²) in [5.41, 5.74) is 8.43. The van der Waals surface area contributed by atoms with E-state index in [9.17, 15) is 20.0 Å². The molecule has 4 heterocycles. The lowest BCUT2D eigenvalue weighted by atomic mass is 9.93. The number of carbonyl (C=O) groups is 2. The van der Waals surface area contributed by atoms with Crippen molar-refractivity contribution < 1.29 is 23.6 Å². The molecule has 2 saturated heterocycles. The fourth-order valence-electron chi connectivity index (χ4n) is 8.41. The smallest absolute Gasteiger partial charge is 0.255 e. The molecule has 1 aromatic heterocycles. The predicted octanol–water partition coefficient (Wildman–Crippen LogP) is 6.57. The van der Waals surface area contributed by atoms with E-state index in [1.165, 1.54) is 6.07 Å². The lowest BCUT2D eigenvalue weighted by molar-refractivity contribution is -0.129. The average Bonchev–Trinajstić information content (AvgIpc) is 3.79. The Bertz CT molecular complexity index is 2070. The van der Waals surface area contributed by atoms with Crippen LogP contribution in [-0.2, 0) is 16.8 Å². The van der Waals surface area contributed by atoms with Gasteiger partial charge in [-0.2, -0.15) is 5.26 Å². The van der Waals surface area contributed by atoms with Gasteiger partial charge in [0, 0.05) is 55.1 Å². The Labute approximate surface area is 302 Å². The van der Waals surface area contributed by atoms with Crippen molar-refractivity contribution in [2.24, 2.45) is 5.92 Å². The summed E-state index contributed by atoms with van der Waals surface area (Å²) in [6.45, 7) is 8.38. The third kappa shape index (κ3) is 5.99. The van der Waals surface area contributed by atoms with E-state index >= 15 is 4.39 Å². The van der Waals surface area contributed by atoms with Crippen LogP contribution < -0.4 is 15.1 Å². The average molecular weight is 703 g/mol. The molecule has 3 fully saturated rings. The molecular weight excluding hydrogens is 659 g/mol. The van der Waals surface area contributed by atoms with Crippen molar-refractivity contribution in [2.75, 3.05) is 29.4 Å². The minimum atomic E-state index is -1.14. The van der Waals surface area contributed by atoms with Gasteiger partial charge in [-0.3, -0.25) is 9.59 Å². The number of aliphatic hydroxyl groups excluding tert-OH is 1. The fraction of sp³-hybridized carbons (Fsp3) is 0.415. The van der Waals surface area contributed by atoms with Crippen LogP contribution in [0.1, 0.15) is 77.0 Å². The van der Waals surface area contributed by atoms with Gasteiger partial charge in [0.15, 0.2) is 0 Å². The summed E-state index contributed by atoms with van der Waals surface area (Å²) in [5, 5.41) is 27.0. The number of piperidine rings is 2. The molecule has 0 radical (unpaired) electrons. The second-order valence-corrected chi connectivity index (χ2v) is 15.0. The van der Waals surface area contributed by atoms with Crippen molar-refractivity contribution in [2.45, 2.75) is 83.5 Å². The number of hydrogen-bond acceptors (Lipinski definition) is 8. The highest BCUT2D eigenvalue weighted by molar-refractivity contribution is 5.99. The van der Waals surface area contributed by atoms with E-state index in [-0.39, 0.29) is 30.2 Å². The van der Waals surface area contributed by atoms with Crippen LogP contribution in [0.3, 0.4) is 0 Å². The Morgan fingerprint density at radius 3 is 2.46 bits per heavy atom. The third-order valence-corrected chi connectivity index (χ3v) is 11.7. The van der Waals surface area contributed by atoms with Gasteiger partial charge in [0.1, 0.15) is 17.8 Å². The first-order chi connectivity index (χ1) is 25.0. The molecule has 52 heavy (non-hydrogen) atoms. The van der Waals surface area contributed by atoms with Crippen molar-refractivity contribution in [3.8, 4) is 17.2 Å². The van der Waals surface area contributed by atoms with E-state index < -0.39 is 18.1 Å². The van der Waals surface area contributed by atoms with Gasteiger partial charge >= 0.3 is 0 Å². The largest absolute Gasteiger partial charge is 0.372 e. The molecule has 3 aliphatic heterocycles. The van der Waals surface area contributed by atoms with Crippen molar-refractivity contribution in [1.82, 2.24) is 15.4 Å². The van der Waals surface area contributed by atoms with Crippen LogP contribution in [0.4, 0.5) is 21.5 Å². The molecule has 11 heteroatoms. The molecule has 0 spiro atoms. The van der Waals surface area contributed by atoms with Gasteiger partial charge in [-0.15, -0.1) is 0 Å². The standard InChI is InChI=1S/C41H43FN6O4/c1-24-4-5-28(38-25(2)45-52-26(38)3)18-35(24)47(31-8-6-30(7-9-31)41(23-43)14-15-41)21-27-12-16-46(17-13-27)36-19-29-22-48(40(51)32(29)20-33(36)42)34-10-11-37(49)44-39(34)50/h4-9,18-20,27,34,39,50H,10-17,21-22H2,1-3H3,(H,44,49). The molecule has 2 amide bonds. The number of aromatic nitrogens is 1. The van der Waals surface area contributed by atoms with Gasteiger partial charge in [0.05, 0.1) is 28.9 Å². The number of hydrogen-bond donors (Lipinski definition) is 2. The van der Waals surface area contributed by atoms with Crippen molar-refractivity contribution in [3.63, 3.8) is 0 Å². The van der Waals surface area contributed by atoms with Crippen LogP contribution in [0.25, 0.3) is 11.1 Å². The number of benzene rings is 3. The van der Waals surface area contributed by atoms with Crippen LogP contribution in [0.5, 0.6) is 0 Å². The molecule has 1 aliphatic carbocycles. The SMILES string of the molecule is Cc1ccc(-c2c(C)noc2C)cc1N(CC1CCN(c2cc3c(cc2F)C(=O)N(C2CCC(=O)NC2O)C3)CC1)c1ccc(C2(C#N)CC2)cc1. The Hall–Kier alpha value is -5.21. The monoisotopic (exact) mass is 702 g/mol. The first-order valence-electron chi connectivity index (χ1n) is 18.2. The van der Waals surface area contributed by atoms with Gasteiger partial charge in [-0.05, 0) is 111 Å². The molecule has 0 bridgehead atoms. The van der Waals surface area contributed by atoms with Gasteiger partial charge < -0.3 is 29.6 Å². The molecule has 2 atom stereocenters. The lowest BCUT2D eigenvalue weighted by Gasteiger charge is -2.37. The van der Waals surface area contributed by atoms with E-state index in [1.807, 2.05) is 13.8 Å². The second-order valence-electron chi connectivity index (χ2n) is 15.0. The lowest BCUT2D eigenvalue weighted by Crippen LogP contribution is -2.55. The van der Waals surface area contributed by atoms with Crippen LogP contribution >= 0.6 is 0 Å². The Kier molecular flexibility index (Phi) is 8.53. The zero-order valence-corrected chi connectivity index (χ0v) is 29.8. The zero-order valence-electron chi connectivity index (χ0n) is 29.8. The van der Waals surface area contributed by atoms with Crippen LogP contribution in [-0.4, -0.2) is 58.9 Å². The number of nitrogens with one attached hydrogen (secondary N) is 1. The number of nitrogens with zero attached hydrogens (tertiary/aromatic N) is 5. The summed E-state index contributed by atoms with van der Waals surface area (Å²) in [6.07, 6.45) is 2.94. The molecule has 8 rings (SSSR count). The fourth-order valence-corrected chi connectivity index (χ4v) is 8.41. The van der Waals surface area contributed by atoms with Gasteiger partial charge in [-0.1, -0.05) is 29.4 Å². The number of aliphatic hydroxyl groups is 1. The Morgan fingerprint density at radius 2 is 1.81 bits per heavy atom. The molecule has 4 aromatic rings. The second kappa shape index (κ2) is 13.1. The minimum Gasteiger partial charge on any atom is -0.372 e. The predicted molar refractivity (Wildman–Crippen MR) is 195 cm³/mol. The van der Waals surface area contributed by atoms with Crippen LogP contribution in [0.15, 0.2) is 59.1 Å². The minimum absolute atomic E-state index is 0.229. The molecule has 4 aliphatic rings. The van der Waals surface area contributed by atoms with Crippen molar-refractivity contribution in [3.05, 3.63) is 94.1 Å². The summed E-state index contributed by atoms with van der Waals surface area (Å²) >= 11 is 0. The summed E-state index contributed by atoms with van der Waals surface area (Å²) in [6, 6.07) is 20.0. The van der Waals surface area contributed by atoms with E-state index in [4.69, 9.17) is 4.52 Å². The number of anilines is 3. The van der Waals surface area contributed by atoms with Gasteiger partial charge in [0.25, 0.3) is 5.91 Å². The maximum Gasteiger partial charge on any atom is 0.255 e. The van der Waals surface area contributed by atoms with E-state index in [0.717, 1.165) is 82.9 Å². The summed E-state index contributed by atoms with van der Waals surface area (Å²) in [4.78, 5) is 31.0. The number of halogens is 1. The number of carbonyl (C=O) groups excluding carboxylic acids is 2. The Balaban J connectivity index is 1.02. The number of nitriles is 1. The summed E-state index contributed by atoms with van der Waals surface area (Å²) in [5.74, 6) is 0.112. The van der Waals surface area contributed by atoms with Crippen LogP contribution in [0.2, 0.25) is 0 Å². The summed E-state index contributed by atoms with van der Waals surface area (Å²) in [7, 11) is 0. The van der Waals surface area contributed by atoms with E-state index in [0.29, 0.717) is 36.7 Å². The Morgan fingerprint density at radius 1 is 1.06 bits per heavy atom. The molecule has 2 N–H and O–H groups in total. The highest BCUT2D eigenvalue weighted by atomic mass is 19.1. The first-order valence-corrected chi connectivity index (χ1v) is 18.2. The number of aryl methyl sites for hydroxylation is 3. The van der Waals surface area contributed by atoms with E-state index in [1.54, 1.807) is 11.0 Å². The van der Waals surface area contributed by atoms with Gasteiger partial charge in [-0.25, -0.2) is 4.39 Å². The molecule has 10 nitrogen and oxygen atoms in total. The molecule has 1 saturated carbocycles. The van der Waals surface area contributed by atoms with E-state index in [2.05, 4.69) is 75.7 Å². The molecular formula is C41H43FN6O4. The molecule has 3 aromatic carbocycles.